The highest BCUT2D eigenvalue weighted by Gasteiger charge is 2.20. The van der Waals surface area contributed by atoms with E-state index in [9.17, 15) is 14.7 Å². The number of amides is 1. The van der Waals surface area contributed by atoms with Crippen LogP contribution in [-0.4, -0.2) is 32.5 Å². The molecule has 1 radical (unpaired) electrons. The zero-order valence-electron chi connectivity index (χ0n) is 7.09. The first-order valence-electron chi connectivity index (χ1n) is 3.52. The van der Waals surface area contributed by atoms with Crippen LogP contribution in [0.2, 0.25) is 0 Å². The molecule has 0 spiro atoms. The molecule has 1 rings (SSSR count). The number of rotatable bonds is 4. The number of hydrogen-bond donors (Lipinski definition) is 3. The Labute approximate surface area is 91.9 Å². The highest BCUT2D eigenvalue weighted by atomic mass is 32.2. The fourth-order valence-corrected chi connectivity index (χ4v) is 2.38. The van der Waals surface area contributed by atoms with E-state index in [1.165, 1.54) is 0 Å². The summed E-state index contributed by atoms with van der Waals surface area (Å²) in [5, 5.41) is 29.7. The van der Waals surface area contributed by atoms with Gasteiger partial charge in [0.05, 0.1) is 5.88 Å². The van der Waals surface area contributed by atoms with Crippen molar-refractivity contribution < 1.29 is 24.9 Å². The minimum Gasteiger partial charge on any atom is -0.492 e. The van der Waals surface area contributed by atoms with Crippen LogP contribution in [0.25, 0.3) is 0 Å². The third kappa shape index (κ3) is 2.99. The Morgan fingerprint density at radius 2 is 2.20 bits per heavy atom. The highest BCUT2D eigenvalue weighted by Crippen LogP contribution is 2.32. The zero-order chi connectivity index (χ0) is 11.4. The molecule has 1 heterocycles. The summed E-state index contributed by atoms with van der Waals surface area (Å²) in [6.45, 7) is 0. The van der Waals surface area contributed by atoms with Crippen molar-refractivity contribution in [3.8, 4) is 5.88 Å². The maximum absolute atomic E-state index is 10.6. The van der Waals surface area contributed by atoms with Gasteiger partial charge in [-0.3, -0.25) is 0 Å². The molecule has 1 aromatic heterocycles. The third-order valence-corrected chi connectivity index (χ3v) is 3.24. The average molecular weight is 249 g/mol. The van der Waals surface area contributed by atoms with E-state index in [0.717, 1.165) is 23.3 Å². The first-order chi connectivity index (χ1) is 7.02. The minimum atomic E-state index is -1.45. The smallest absolute Gasteiger partial charge is 0.451 e. The zero-order valence-corrected chi connectivity index (χ0v) is 8.72. The van der Waals surface area contributed by atoms with E-state index in [1.54, 1.807) is 0 Å². The van der Waals surface area contributed by atoms with Crippen molar-refractivity contribution in [1.29, 1.82) is 0 Å². The lowest BCUT2D eigenvalue weighted by atomic mass is 10.4. The van der Waals surface area contributed by atoms with Gasteiger partial charge in [-0.2, -0.15) is 4.37 Å². The predicted octanol–water partition coefficient (Wildman–Crippen LogP) is 0.737. The predicted molar refractivity (Wildman–Crippen MR) is 50.7 cm³/mol. The lowest BCUT2D eigenvalue weighted by Crippen LogP contribution is -2.18. The van der Waals surface area contributed by atoms with Crippen LogP contribution >= 0.6 is 23.3 Å². The average Bonchev–Trinajstić information content (AvgIpc) is 2.46. The number of carboxylic acid groups (broad SMARTS) is 1. The number of carbonyl (C=O) groups is 2. The van der Waals surface area contributed by atoms with Gasteiger partial charge in [0.15, 0.2) is 0 Å². The number of nitrogens with zero attached hydrogens (tertiary/aromatic N) is 1. The van der Waals surface area contributed by atoms with E-state index < -0.39 is 17.9 Å². The summed E-state index contributed by atoms with van der Waals surface area (Å²) in [6, 6.07) is 0. The normalized spacial score (nSPS) is 9.87. The van der Waals surface area contributed by atoms with Gasteiger partial charge < -0.3 is 15.5 Å². The van der Waals surface area contributed by atoms with Crippen molar-refractivity contribution in [2.45, 2.75) is 4.21 Å². The van der Waals surface area contributed by atoms with Crippen LogP contribution in [0.1, 0.15) is 10.4 Å². The summed E-state index contributed by atoms with van der Waals surface area (Å²) in [5.41, 5.74) is -0.315. The molecule has 0 saturated heterocycles. The van der Waals surface area contributed by atoms with Crippen molar-refractivity contribution in [1.82, 2.24) is 9.69 Å². The molecule has 0 aliphatic rings. The van der Waals surface area contributed by atoms with Crippen LogP contribution in [0.4, 0.5) is 4.79 Å². The van der Waals surface area contributed by atoms with Gasteiger partial charge >= 0.3 is 12.1 Å². The Morgan fingerprint density at radius 1 is 1.53 bits per heavy atom. The Balaban J connectivity index is 2.69. The van der Waals surface area contributed by atoms with Crippen molar-refractivity contribution >= 4 is 35.4 Å². The van der Waals surface area contributed by atoms with E-state index >= 15 is 0 Å². The minimum absolute atomic E-state index is 0.0652. The van der Waals surface area contributed by atoms with Gasteiger partial charge in [-0.1, -0.05) is 11.8 Å². The number of carbonyl (C=O) groups excluding carboxylic acids is 1. The first-order valence-corrected chi connectivity index (χ1v) is 5.28. The fourth-order valence-electron chi connectivity index (χ4n) is 0.709. The summed E-state index contributed by atoms with van der Waals surface area (Å²) in [6.07, 6.45) is -1.45. The van der Waals surface area contributed by atoms with Gasteiger partial charge in [-0.05, 0) is 11.5 Å². The van der Waals surface area contributed by atoms with Gasteiger partial charge in [-0.25, -0.2) is 14.7 Å². The first kappa shape index (κ1) is 11.6. The second kappa shape index (κ2) is 4.84. The molecule has 0 atom stereocenters. The third-order valence-electron chi connectivity index (χ3n) is 1.28. The van der Waals surface area contributed by atoms with Crippen LogP contribution in [0.15, 0.2) is 4.21 Å². The summed E-state index contributed by atoms with van der Waals surface area (Å²) in [4.78, 5) is 20.6. The molecule has 15 heavy (non-hydrogen) atoms. The van der Waals surface area contributed by atoms with E-state index in [4.69, 9.17) is 10.2 Å². The lowest BCUT2D eigenvalue weighted by molar-refractivity contribution is 0.0690. The van der Waals surface area contributed by atoms with Crippen molar-refractivity contribution in [3.63, 3.8) is 0 Å². The number of aromatic nitrogens is 1. The molecule has 9 heteroatoms. The maximum atomic E-state index is 10.6. The van der Waals surface area contributed by atoms with Gasteiger partial charge in [-0.15, -0.1) is 0 Å². The molecule has 0 aliphatic carbocycles. The number of carboxylic acids is 1. The fraction of sp³-hybridized carbons (Fsp3) is 0.167. The summed E-state index contributed by atoms with van der Waals surface area (Å²) < 4.78 is 3.67. The Morgan fingerprint density at radius 3 is 2.73 bits per heavy atom. The summed E-state index contributed by atoms with van der Waals surface area (Å²) in [5.74, 6) is -1.94. The molecule has 7 nitrogen and oxygen atoms in total. The SMILES string of the molecule is [O]C(=O)NCSc1snc(O)c1C(=O)O. The molecule has 0 fully saturated rings. The van der Waals surface area contributed by atoms with Crippen LogP contribution in [0.5, 0.6) is 5.88 Å². The van der Waals surface area contributed by atoms with Gasteiger partial charge in [0, 0.05) is 0 Å². The molecule has 0 saturated carbocycles. The monoisotopic (exact) mass is 249 g/mol. The Bertz CT molecular complexity index is 391. The Kier molecular flexibility index (Phi) is 3.74. The molecule has 0 bridgehead atoms. The topological polar surface area (TPSA) is 119 Å². The van der Waals surface area contributed by atoms with Crippen molar-refractivity contribution in [2.24, 2.45) is 0 Å². The lowest BCUT2D eigenvalue weighted by Gasteiger charge is -1.98. The quantitative estimate of drug-likeness (QED) is 0.534. The van der Waals surface area contributed by atoms with Crippen LogP contribution in [0, 0.1) is 0 Å². The second-order valence-electron chi connectivity index (χ2n) is 2.23. The second-order valence-corrected chi connectivity index (χ2v) is 4.24. The number of aromatic hydroxyl groups is 1. The number of hydrogen-bond acceptors (Lipinski definition) is 6. The van der Waals surface area contributed by atoms with E-state index in [-0.39, 0.29) is 15.6 Å². The highest BCUT2D eigenvalue weighted by molar-refractivity contribution is 8.01. The molecule has 81 valence electrons. The van der Waals surface area contributed by atoms with Gasteiger partial charge in [0.1, 0.15) is 9.77 Å². The summed E-state index contributed by atoms with van der Waals surface area (Å²) >= 11 is 1.69. The molecule has 1 aromatic rings. The molecule has 0 unspecified atom stereocenters. The molecule has 0 aliphatic heterocycles. The molecule has 3 N–H and O–H groups in total. The maximum Gasteiger partial charge on any atom is 0.451 e. The van der Waals surface area contributed by atoms with E-state index in [0.29, 0.717) is 0 Å². The van der Waals surface area contributed by atoms with E-state index in [1.807, 2.05) is 5.32 Å². The number of nitrogens with one attached hydrogen (secondary N) is 1. The molecule has 1 amide bonds. The standard InChI is InChI=1S/C6H5N2O5S2/c9-3-2(4(10)11)5(15-8-3)14-1-7-6(12)13/h7H,1H2,(H,8,9)(H,10,11). The van der Waals surface area contributed by atoms with Crippen LogP contribution in [-0.2, 0) is 5.11 Å². The van der Waals surface area contributed by atoms with Crippen LogP contribution < -0.4 is 5.32 Å². The number of thioether (sulfide) groups is 1. The van der Waals surface area contributed by atoms with Gasteiger partial charge in [0.25, 0.3) is 0 Å². The molecule has 0 aromatic carbocycles. The van der Waals surface area contributed by atoms with Crippen molar-refractivity contribution in [2.75, 3.05) is 5.88 Å². The number of aromatic carboxylic acids is 1. The van der Waals surface area contributed by atoms with Crippen LogP contribution in [0.3, 0.4) is 0 Å². The van der Waals surface area contributed by atoms with Crippen molar-refractivity contribution in [3.05, 3.63) is 5.56 Å². The summed E-state index contributed by atoms with van der Waals surface area (Å²) in [7, 11) is 0. The molecular formula is C6H5N2O5S2. The molecular weight excluding hydrogens is 244 g/mol. The van der Waals surface area contributed by atoms with E-state index in [2.05, 4.69) is 4.37 Å². The van der Waals surface area contributed by atoms with Gasteiger partial charge in [0.2, 0.25) is 5.88 Å². The largest absolute Gasteiger partial charge is 0.492 e. The Hall–Kier alpha value is -1.48.